The minimum atomic E-state index is -0.707. The number of carbonyl (C=O) groups excluding carboxylic acids is 1. The Labute approximate surface area is 150 Å². The Morgan fingerprint density at radius 1 is 1.19 bits per heavy atom. The Morgan fingerprint density at radius 3 is 2.58 bits per heavy atom. The molecule has 0 spiro atoms. The highest BCUT2D eigenvalue weighted by Gasteiger charge is 2.36. The van der Waals surface area contributed by atoms with Crippen LogP contribution >= 0.6 is 0 Å². The van der Waals surface area contributed by atoms with E-state index >= 15 is 0 Å². The Bertz CT molecular complexity index is 748. The van der Waals surface area contributed by atoms with Crippen LogP contribution in [-0.2, 0) is 16.1 Å². The summed E-state index contributed by atoms with van der Waals surface area (Å²) in [5.41, 5.74) is 1.17. The van der Waals surface area contributed by atoms with Gasteiger partial charge in [-0.3, -0.25) is 4.79 Å². The fraction of sp³-hybridized carbons (Fsp3) is 0.350. The smallest absolute Gasteiger partial charge is 0.246 e. The Morgan fingerprint density at radius 2 is 1.92 bits per heavy atom. The molecule has 0 unspecified atom stereocenters. The van der Waals surface area contributed by atoms with Crippen molar-refractivity contribution in [3.8, 4) is 0 Å². The summed E-state index contributed by atoms with van der Waals surface area (Å²) in [7, 11) is 0. The lowest BCUT2D eigenvalue weighted by molar-refractivity contribution is -0.128. The summed E-state index contributed by atoms with van der Waals surface area (Å²) in [6, 6.07) is 12.1. The van der Waals surface area contributed by atoms with E-state index in [1.165, 1.54) is 12.1 Å². The highest BCUT2D eigenvalue weighted by Crippen LogP contribution is 2.38. The van der Waals surface area contributed by atoms with Crippen molar-refractivity contribution >= 4 is 5.91 Å². The van der Waals surface area contributed by atoms with E-state index in [1.54, 1.807) is 0 Å². The fourth-order valence-corrected chi connectivity index (χ4v) is 3.16. The molecule has 1 fully saturated rings. The van der Waals surface area contributed by atoms with Crippen molar-refractivity contribution in [2.24, 2.45) is 5.92 Å². The van der Waals surface area contributed by atoms with Crippen LogP contribution < -0.4 is 5.32 Å². The van der Waals surface area contributed by atoms with Gasteiger partial charge in [0.2, 0.25) is 5.91 Å². The lowest BCUT2D eigenvalue weighted by Gasteiger charge is -2.38. The third-order valence-electron chi connectivity index (χ3n) is 4.58. The number of halogens is 2. The minimum absolute atomic E-state index is 0.0944. The van der Waals surface area contributed by atoms with E-state index < -0.39 is 23.8 Å². The molecule has 0 bridgehead atoms. The molecule has 1 aliphatic rings. The van der Waals surface area contributed by atoms with Gasteiger partial charge in [-0.05, 0) is 30.4 Å². The highest BCUT2D eigenvalue weighted by atomic mass is 19.1. The van der Waals surface area contributed by atoms with Gasteiger partial charge in [-0.2, -0.15) is 0 Å². The van der Waals surface area contributed by atoms with Crippen LogP contribution in [0.15, 0.2) is 48.5 Å². The maximum atomic E-state index is 14.2. The molecule has 4 nitrogen and oxygen atoms in total. The number of hydrogen-bond acceptors (Lipinski definition) is 3. The van der Waals surface area contributed by atoms with E-state index in [-0.39, 0.29) is 24.0 Å². The molecule has 1 atom stereocenters. The van der Waals surface area contributed by atoms with Crippen molar-refractivity contribution in [2.75, 3.05) is 6.61 Å². The number of hydrogen-bond donors (Lipinski definition) is 2. The van der Waals surface area contributed by atoms with Crippen LogP contribution in [0.25, 0.3) is 0 Å². The average molecular weight is 361 g/mol. The third-order valence-corrected chi connectivity index (χ3v) is 4.58. The van der Waals surface area contributed by atoms with Crippen molar-refractivity contribution < 1.29 is 23.4 Å². The quantitative estimate of drug-likeness (QED) is 0.797. The molecule has 26 heavy (non-hydrogen) atoms. The number of nitrogens with one attached hydrogen (secondary N) is 1. The van der Waals surface area contributed by atoms with Crippen molar-refractivity contribution in [3.05, 3.63) is 71.3 Å². The van der Waals surface area contributed by atoms with Crippen LogP contribution in [0.3, 0.4) is 0 Å². The van der Waals surface area contributed by atoms with Gasteiger partial charge in [0.05, 0.1) is 18.8 Å². The van der Waals surface area contributed by atoms with E-state index in [2.05, 4.69) is 5.32 Å². The van der Waals surface area contributed by atoms with E-state index in [1.807, 2.05) is 30.3 Å². The first-order valence-corrected chi connectivity index (χ1v) is 8.57. The van der Waals surface area contributed by atoms with Gasteiger partial charge in [0, 0.05) is 11.6 Å². The Hall–Kier alpha value is -2.31. The number of benzene rings is 2. The van der Waals surface area contributed by atoms with Crippen LogP contribution in [0.4, 0.5) is 8.78 Å². The summed E-state index contributed by atoms with van der Waals surface area (Å²) in [5.74, 6) is -1.85. The zero-order chi connectivity index (χ0) is 18.5. The standard InChI is InChI=1S/C20H21F2NO3/c21-15-6-7-17(18(22)10-15)20(14-8-16(24)9-14)23-19(25)12-26-11-13-4-2-1-3-5-13/h1-7,10,14,16,20,24H,8-9,11-12H2,(H,23,25)/t14?,16?,20-/m0/s1. The predicted octanol–water partition coefficient (Wildman–Crippen LogP) is 3.11. The number of rotatable bonds is 7. The average Bonchev–Trinajstić information content (AvgIpc) is 2.59. The van der Waals surface area contributed by atoms with Gasteiger partial charge in [-0.1, -0.05) is 36.4 Å². The van der Waals surface area contributed by atoms with Gasteiger partial charge in [0.15, 0.2) is 0 Å². The normalized spacial score (nSPS) is 20.3. The summed E-state index contributed by atoms with van der Waals surface area (Å²) in [6.07, 6.45) is 0.483. The molecule has 3 rings (SSSR count). The minimum Gasteiger partial charge on any atom is -0.393 e. The van der Waals surface area contributed by atoms with Crippen LogP contribution in [0.2, 0.25) is 0 Å². The van der Waals surface area contributed by atoms with Gasteiger partial charge < -0.3 is 15.2 Å². The van der Waals surface area contributed by atoms with Gasteiger partial charge in [0.1, 0.15) is 18.2 Å². The lowest BCUT2D eigenvalue weighted by Crippen LogP contribution is -2.42. The molecule has 2 aromatic rings. The molecule has 2 N–H and O–H groups in total. The lowest BCUT2D eigenvalue weighted by atomic mass is 9.75. The summed E-state index contributed by atoms with van der Waals surface area (Å²) in [6.45, 7) is 0.134. The third kappa shape index (κ3) is 4.65. The molecule has 1 saturated carbocycles. The van der Waals surface area contributed by atoms with E-state index in [0.717, 1.165) is 11.6 Å². The summed E-state index contributed by atoms with van der Waals surface area (Å²) in [4.78, 5) is 12.2. The van der Waals surface area contributed by atoms with Gasteiger partial charge in [0.25, 0.3) is 0 Å². The summed E-state index contributed by atoms with van der Waals surface area (Å²) >= 11 is 0. The van der Waals surface area contributed by atoms with Crippen LogP contribution in [0, 0.1) is 17.6 Å². The van der Waals surface area contributed by atoms with Crippen molar-refractivity contribution in [2.45, 2.75) is 31.6 Å². The number of aliphatic hydroxyl groups is 1. The molecule has 0 aromatic heterocycles. The van der Waals surface area contributed by atoms with Crippen molar-refractivity contribution in [1.29, 1.82) is 0 Å². The van der Waals surface area contributed by atoms with E-state index in [0.29, 0.717) is 19.4 Å². The molecule has 1 amide bonds. The number of aliphatic hydroxyl groups excluding tert-OH is 1. The molecular weight excluding hydrogens is 340 g/mol. The van der Waals surface area contributed by atoms with E-state index in [9.17, 15) is 18.7 Å². The zero-order valence-electron chi connectivity index (χ0n) is 14.2. The predicted molar refractivity (Wildman–Crippen MR) is 92.1 cm³/mol. The number of ether oxygens (including phenoxy) is 1. The highest BCUT2D eigenvalue weighted by molar-refractivity contribution is 5.77. The molecule has 6 heteroatoms. The molecule has 0 aliphatic heterocycles. The summed E-state index contributed by atoms with van der Waals surface area (Å²) in [5, 5.41) is 12.3. The Balaban J connectivity index is 1.61. The first-order chi connectivity index (χ1) is 12.5. The fourth-order valence-electron chi connectivity index (χ4n) is 3.16. The second-order valence-electron chi connectivity index (χ2n) is 6.57. The maximum Gasteiger partial charge on any atom is 0.246 e. The molecular formula is C20H21F2NO3. The molecule has 0 saturated heterocycles. The summed E-state index contributed by atoms with van der Waals surface area (Å²) < 4.78 is 32.7. The van der Waals surface area contributed by atoms with Gasteiger partial charge >= 0.3 is 0 Å². The van der Waals surface area contributed by atoms with Crippen LogP contribution in [0.5, 0.6) is 0 Å². The first kappa shape index (κ1) is 18.5. The van der Waals surface area contributed by atoms with Crippen molar-refractivity contribution in [3.63, 3.8) is 0 Å². The molecule has 2 aromatic carbocycles. The maximum absolute atomic E-state index is 14.2. The number of amides is 1. The molecule has 0 heterocycles. The van der Waals surface area contributed by atoms with Crippen LogP contribution in [0.1, 0.15) is 30.0 Å². The van der Waals surface area contributed by atoms with E-state index in [4.69, 9.17) is 4.74 Å². The second kappa shape index (κ2) is 8.38. The largest absolute Gasteiger partial charge is 0.393 e. The van der Waals surface area contributed by atoms with Crippen LogP contribution in [-0.4, -0.2) is 23.7 Å². The second-order valence-corrected chi connectivity index (χ2v) is 6.57. The first-order valence-electron chi connectivity index (χ1n) is 8.57. The van der Waals surface area contributed by atoms with Gasteiger partial charge in [-0.25, -0.2) is 8.78 Å². The molecule has 1 aliphatic carbocycles. The van der Waals surface area contributed by atoms with Crippen molar-refractivity contribution in [1.82, 2.24) is 5.32 Å². The SMILES string of the molecule is O=C(COCc1ccccc1)N[C@H](c1ccc(F)cc1F)C1CC(O)C1. The van der Waals surface area contributed by atoms with Gasteiger partial charge in [-0.15, -0.1) is 0 Å². The Kier molecular flexibility index (Phi) is 5.96. The molecule has 138 valence electrons. The topological polar surface area (TPSA) is 58.6 Å². The molecule has 0 radical (unpaired) electrons. The number of carbonyl (C=O) groups is 1. The zero-order valence-corrected chi connectivity index (χ0v) is 14.2. The monoisotopic (exact) mass is 361 g/mol.